The van der Waals surface area contributed by atoms with E-state index in [2.05, 4.69) is 5.32 Å². The van der Waals surface area contributed by atoms with Gasteiger partial charge in [0.1, 0.15) is 11.9 Å². The molecule has 0 bridgehead atoms. The highest BCUT2D eigenvalue weighted by atomic mass is 16.3. The average Bonchev–Trinajstić information content (AvgIpc) is 2.26. The van der Waals surface area contributed by atoms with E-state index >= 15 is 0 Å². The van der Waals surface area contributed by atoms with E-state index in [1.807, 2.05) is 0 Å². The highest BCUT2D eigenvalue weighted by molar-refractivity contribution is 5.81. The fraction of sp³-hybridized carbons (Fsp3) is 0.667. The van der Waals surface area contributed by atoms with Gasteiger partial charge in [0.15, 0.2) is 0 Å². The Labute approximate surface area is 102 Å². The third kappa shape index (κ3) is 6.19. The van der Waals surface area contributed by atoms with Crippen molar-refractivity contribution in [2.45, 2.75) is 33.3 Å². The quantitative estimate of drug-likeness (QED) is 0.550. The Morgan fingerprint density at radius 3 is 2.41 bits per heavy atom. The zero-order valence-electron chi connectivity index (χ0n) is 10.6. The molecule has 0 aromatic carbocycles. The van der Waals surface area contributed by atoms with E-state index in [0.717, 1.165) is 0 Å². The number of allylic oxidation sites excluding steroid dienone is 1. The second kappa shape index (κ2) is 7.19. The van der Waals surface area contributed by atoms with Crippen LogP contribution in [-0.2, 0) is 9.59 Å². The lowest BCUT2D eigenvalue weighted by molar-refractivity contribution is -0.136. The van der Waals surface area contributed by atoms with Crippen molar-refractivity contribution in [2.24, 2.45) is 5.41 Å². The lowest BCUT2D eigenvalue weighted by Gasteiger charge is -2.26. The van der Waals surface area contributed by atoms with Gasteiger partial charge in [-0.3, -0.25) is 9.59 Å². The fourth-order valence-electron chi connectivity index (χ4n) is 1.03. The first kappa shape index (κ1) is 15.8. The molecular formula is C12H21NO4. The molecule has 0 radical (unpaired) electrons. The highest BCUT2D eigenvalue weighted by Gasteiger charge is 2.32. The van der Waals surface area contributed by atoms with Gasteiger partial charge < -0.3 is 15.5 Å². The summed E-state index contributed by atoms with van der Waals surface area (Å²) >= 11 is 0. The van der Waals surface area contributed by atoms with Crippen LogP contribution in [0.1, 0.15) is 27.2 Å². The van der Waals surface area contributed by atoms with Crippen LogP contribution in [0.3, 0.4) is 0 Å². The van der Waals surface area contributed by atoms with Crippen molar-refractivity contribution in [1.82, 2.24) is 5.32 Å². The Morgan fingerprint density at radius 1 is 1.35 bits per heavy atom. The molecular weight excluding hydrogens is 222 g/mol. The van der Waals surface area contributed by atoms with Crippen molar-refractivity contribution < 1.29 is 19.8 Å². The minimum atomic E-state index is -1.26. The molecule has 1 atom stereocenters. The van der Waals surface area contributed by atoms with Crippen LogP contribution in [0.15, 0.2) is 12.2 Å². The summed E-state index contributed by atoms with van der Waals surface area (Å²) in [6, 6.07) is 0. The molecule has 0 heterocycles. The van der Waals surface area contributed by atoms with Crippen LogP contribution in [0.2, 0.25) is 0 Å². The van der Waals surface area contributed by atoms with Gasteiger partial charge in [-0.2, -0.15) is 0 Å². The van der Waals surface area contributed by atoms with Gasteiger partial charge in [-0.05, 0) is 6.92 Å². The van der Waals surface area contributed by atoms with E-state index < -0.39 is 17.4 Å². The highest BCUT2D eigenvalue weighted by Crippen LogP contribution is 2.19. The number of hydrogen-bond donors (Lipinski definition) is 3. The van der Waals surface area contributed by atoms with Crippen LogP contribution in [0.5, 0.6) is 0 Å². The topological polar surface area (TPSA) is 86.6 Å². The molecule has 0 aliphatic carbocycles. The van der Waals surface area contributed by atoms with Crippen LogP contribution < -0.4 is 5.32 Å². The normalized spacial score (nSPS) is 13.7. The largest absolute Gasteiger partial charge is 0.396 e. The van der Waals surface area contributed by atoms with Crippen molar-refractivity contribution in [3.05, 3.63) is 12.2 Å². The van der Waals surface area contributed by atoms with E-state index in [9.17, 15) is 14.7 Å². The molecule has 0 aromatic rings. The maximum absolute atomic E-state index is 11.5. The van der Waals surface area contributed by atoms with E-state index in [1.165, 1.54) is 6.92 Å². The molecule has 1 unspecified atom stereocenters. The summed E-state index contributed by atoms with van der Waals surface area (Å²) in [5.74, 6) is -0.481. The lowest BCUT2D eigenvalue weighted by Crippen LogP contribution is -2.45. The van der Waals surface area contributed by atoms with Gasteiger partial charge >= 0.3 is 0 Å². The fourth-order valence-corrected chi connectivity index (χ4v) is 1.03. The molecule has 0 fully saturated rings. The number of amides is 1. The maximum atomic E-state index is 11.5. The zero-order valence-corrected chi connectivity index (χ0v) is 10.6. The molecule has 0 saturated heterocycles. The predicted molar refractivity (Wildman–Crippen MR) is 64.3 cm³/mol. The van der Waals surface area contributed by atoms with Crippen molar-refractivity contribution >= 4 is 11.7 Å². The van der Waals surface area contributed by atoms with E-state index in [1.54, 1.807) is 26.0 Å². The first-order valence-electron chi connectivity index (χ1n) is 5.52. The Kier molecular flexibility index (Phi) is 6.68. The Morgan fingerprint density at radius 2 is 1.94 bits per heavy atom. The average molecular weight is 243 g/mol. The molecule has 5 nitrogen and oxygen atoms in total. The number of rotatable bonds is 7. The van der Waals surface area contributed by atoms with Crippen LogP contribution in [-0.4, -0.2) is 41.2 Å². The molecule has 0 aliphatic heterocycles. The van der Waals surface area contributed by atoms with Crippen LogP contribution in [0.4, 0.5) is 0 Å². The monoisotopic (exact) mass is 243 g/mol. The molecule has 17 heavy (non-hydrogen) atoms. The summed E-state index contributed by atoms with van der Waals surface area (Å²) < 4.78 is 0. The molecule has 3 N–H and O–H groups in total. The standard InChI is InChI=1S/C12H21NO4/c1-9(15)6-4-5-7-13-11(17)10(16)12(2,3)8-14/h4-5,10,14,16H,6-8H2,1-3H3,(H,13,17)/b5-4+. The number of ketones is 1. The van der Waals surface area contributed by atoms with Gasteiger partial charge in [-0.15, -0.1) is 0 Å². The summed E-state index contributed by atoms with van der Waals surface area (Å²) in [6.07, 6.45) is 2.39. The second-order valence-corrected chi connectivity index (χ2v) is 4.67. The second-order valence-electron chi connectivity index (χ2n) is 4.67. The van der Waals surface area contributed by atoms with Crippen LogP contribution >= 0.6 is 0 Å². The summed E-state index contributed by atoms with van der Waals surface area (Å²) in [6.45, 7) is 4.66. The van der Waals surface area contributed by atoms with Gasteiger partial charge in [0.25, 0.3) is 0 Å². The first-order chi connectivity index (χ1) is 7.81. The number of aliphatic hydroxyl groups excluding tert-OH is 2. The predicted octanol–water partition coefficient (Wildman–Crippen LogP) is 0.0173. The molecule has 0 rings (SSSR count). The van der Waals surface area contributed by atoms with Crippen molar-refractivity contribution in [1.29, 1.82) is 0 Å². The van der Waals surface area contributed by atoms with Crippen LogP contribution in [0.25, 0.3) is 0 Å². The number of hydrogen-bond acceptors (Lipinski definition) is 4. The summed E-state index contributed by atoms with van der Waals surface area (Å²) in [7, 11) is 0. The smallest absolute Gasteiger partial charge is 0.249 e. The number of Topliss-reactive ketones (excluding diaryl/α,β-unsaturated/α-hetero) is 1. The van der Waals surface area contributed by atoms with Gasteiger partial charge in [-0.1, -0.05) is 26.0 Å². The summed E-state index contributed by atoms with van der Waals surface area (Å²) in [5, 5.41) is 21.1. The van der Waals surface area contributed by atoms with Crippen LogP contribution in [0, 0.1) is 5.41 Å². The van der Waals surface area contributed by atoms with Gasteiger partial charge in [0, 0.05) is 18.4 Å². The molecule has 0 saturated carbocycles. The molecule has 0 aliphatic rings. The van der Waals surface area contributed by atoms with Crippen molar-refractivity contribution in [3.63, 3.8) is 0 Å². The number of nitrogens with one attached hydrogen (secondary N) is 1. The first-order valence-corrected chi connectivity index (χ1v) is 5.52. The SMILES string of the molecule is CC(=O)C/C=C/CNC(=O)C(O)C(C)(C)CO. The minimum absolute atomic E-state index is 0.0500. The molecule has 0 spiro atoms. The Bertz CT molecular complexity index is 297. The molecule has 98 valence electrons. The zero-order chi connectivity index (χ0) is 13.5. The van der Waals surface area contributed by atoms with Gasteiger partial charge in [0.2, 0.25) is 5.91 Å². The maximum Gasteiger partial charge on any atom is 0.249 e. The van der Waals surface area contributed by atoms with Crippen molar-refractivity contribution in [2.75, 3.05) is 13.2 Å². The van der Waals surface area contributed by atoms with E-state index in [4.69, 9.17) is 5.11 Å². The number of carbonyl (C=O) groups is 2. The van der Waals surface area contributed by atoms with E-state index in [0.29, 0.717) is 6.42 Å². The third-order valence-electron chi connectivity index (χ3n) is 2.36. The molecule has 5 heteroatoms. The Hall–Kier alpha value is -1.20. The molecule has 0 aromatic heterocycles. The number of aliphatic hydroxyl groups is 2. The summed E-state index contributed by atoms with van der Waals surface area (Å²) in [4.78, 5) is 22.1. The summed E-state index contributed by atoms with van der Waals surface area (Å²) in [5.41, 5.74) is -0.868. The Balaban J connectivity index is 4.03. The minimum Gasteiger partial charge on any atom is -0.396 e. The van der Waals surface area contributed by atoms with Crippen molar-refractivity contribution in [3.8, 4) is 0 Å². The van der Waals surface area contributed by atoms with Gasteiger partial charge in [-0.25, -0.2) is 0 Å². The molecule has 1 amide bonds. The van der Waals surface area contributed by atoms with Gasteiger partial charge in [0.05, 0.1) is 6.61 Å². The third-order valence-corrected chi connectivity index (χ3v) is 2.36. The number of carbonyl (C=O) groups excluding carboxylic acids is 2. The lowest BCUT2D eigenvalue weighted by atomic mass is 9.87. The van der Waals surface area contributed by atoms with E-state index in [-0.39, 0.29) is 18.9 Å².